The van der Waals surface area contributed by atoms with E-state index in [1.807, 2.05) is 0 Å². The van der Waals surface area contributed by atoms with Crippen LogP contribution in [0.1, 0.15) is 194 Å². The molecule has 0 saturated carbocycles. The van der Waals surface area contributed by atoms with Gasteiger partial charge in [0, 0.05) is 105 Å². The Morgan fingerprint density at radius 1 is 0.197 bits per heavy atom. The van der Waals surface area contributed by atoms with Crippen molar-refractivity contribution in [3.8, 4) is 119 Å². The number of rotatable bonds is 18. The second-order valence-electron chi connectivity index (χ2n) is 41.7. The van der Waals surface area contributed by atoms with Gasteiger partial charge in [0.25, 0.3) is 0 Å². The second-order valence-corrected chi connectivity index (χ2v) is 41.7. The fraction of sp³-hybridized carbons (Fsp3) is 0.234. The van der Waals surface area contributed by atoms with E-state index in [1.165, 1.54) is 246 Å². The Kier molecular flexibility index (Phi) is 30.8. The number of aryl methyl sites for hydroxylation is 11. The van der Waals surface area contributed by atoms with Crippen LogP contribution in [0, 0.1) is 83.1 Å². The molecule has 0 aliphatic heterocycles. The van der Waals surface area contributed by atoms with Gasteiger partial charge in [0.2, 0.25) is 28.5 Å². The van der Waals surface area contributed by atoms with Crippen LogP contribution in [0.15, 0.2) is 371 Å². The SMILES string of the molecule is Cc1c(-c2cccc[n+]2C)n(-c2c(C(C)C)cccc2C(C)C)c2ccccc12.Cc1c(-c2cccc[n+]2C)n(-c2ccccc2C(C)C)c2ccccc12.Cc1c(C)c(-c2cccc[n+]2C)n(-c2c(-c3ccccc3)cccc2-c2ccccc2)c1C.Cc1c(C)c(-c2cccc[n+]2C)n(-c2c(C(C)C)cc(-c3ccccc3)cc2C(C)C)c1C.Cc1cc(C)c(-n2c(-c3cccc[n+]3C)c(C)c3ccccc32)c(C)c1. The summed E-state index contributed by atoms with van der Waals surface area (Å²) in [6, 6.07) is 122. The largest absolute Gasteiger partial charge is 0.308 e. The van der Waals surface area contributed by atoms with E-state index in [4.69, 9.17) is 0 Å². The van der Waals surface area contributed by atoms with Crippen molar-refractivity contribution >= 4 is 32.7 Å². The maximum atomic E-state index is 2.54. The molecule has 0 amide bonds. The summed E-state index contributed by atoms with van der Waals surface area (Å²) in [6.07, 6.45) is 10.6. The third-order valence-corrected chi connectivity index (χ3v) is 30.3. The Bertz CT molecular complexity index is 8240. The number of pyridine rings is 5. The summed E-state index contributed by atoms with van der Waals surface area (Å²) in [5.41, 5.74) is 53.1. The molecular formula is C137H147N10+5. The highest BCUT2D eigenvalue weighted by atomic mass is 15.1. The van der Waals surface area contributed by atoms with Gasteiger partial charge in [0.15, 0.2) is 31.0 Å². The number of aromatic nitrogens is 10. The Labute approximate surface area is 873 Å². The van der Waals surface area contributed by atoms with E-state index in [2.05, 4.69) is 604 Å². The van der Waals surface area contributed by atoms with Crippen LogP contribution >= 0.6 is 0 Å². The molecule has 0 aliphatic rings. The molecule has 740 valence electrons. The smallest absolute Gasteiger partial charge is 0.229 e. The summed E-state index contributed by atoms with van der Waals surface area (Å²) in [5, 5.41) is 3.94. The first-order valence-electron chi connectivity index (χ1n) is 52.5. The Morgan fingerprint density at radius 3 is 0.823 bits per heavy atom. The molecule has 0 atom stereocenters. The molecule has 0 N–H and O–H groups in total. The molecule has 0 saturated heterocycles. The minimum atomic E-state index is 0.404. The van der Waals surface area contributed by atoms with Crippen LogP contribution in [-0.4, -0.2) is 22.8 Å². The molecule has 0 radical (unpaired) electrons. The molecule has 10 nitrogen and oxygen atoms in total. The van der Waals surface area contributed by atoms with Crippen molar-refractivity contribution < 1.29 is 22.8 Å². The van der Waals surface area contributed by atoms with E-state index in [-0.39, 0.29) is 0 Å². The average Bonchev–Trinajstić information content (AvgIpc) is 1.74. The molecule has 0 aliphatic carbocycles. The van der Waals surface area contributed by atoms with E-state index in [0.29, 0.717) is 29.6 Å². The minimum Gasteiger partial charge on any atom is -0.308 e. The summed E-state index contributed by atoms with van der Waals surface area (Å²) >= 11 is 0. The number of hydrogen-bond acceptors (Lipinski definition) is 0. The third kappa shape index (κ3) is 20.0. The van der Waals surface area contributed by atoms with Crippen LogP contribution in [0.2, 0.25) is 0 Å². The summed E-state index contributed by atoms with van der Waals surface area (Å²) in [5.74, 6) is 2.16. The molecule has 0 bridgehead atoms. The van der Waals surface area contributed by atoms with Crippen molar-refractivity contribution in [2.75, 3.05) is 0 Å². The third-order valence-electron chi connectivity index (χ3n) is 30.3. The van der Waals surface area contributed by atoms with Gasteiger partial charge in [0.1, 0.15) is 63.7 Å². The van der Waals surface area contributed by atoms with E-state index >= 15 is 0 Å². The Hall–Kier alpha value is -15.7. The van der Waals surface area contributed by atoms with Gasteiger partial charge < -0.3 is 22.8 Å². The van der Waals surface area contributed by atoms with Crippen LogP contribution in [-0.2, 0) is 35.2 Å². The Morgan fingerprint density at radius 2 is 0.469 bits per heavy atom. The maximum Gasteiger partial charge on any atom is 0.229 e. The van der Waals surface area contributed by atoms with Crippen molar-refractivity contribution in [2.45, 2.75) is 182 Å². The second kappa shape index (κ2) is 44.1. The lowest BCUT2D eigenvalue weighted by atomic mass is 9.88. The van der Waals surface area contributed by atoms with Crippen LogP contribution in [0.5, 0.6) is 0 Å². The van der Waals surface area contributed by atoms with Crippen LogP contribution < -0.4 is 22.8 Å². The highest BCUT2D eigenvalue weighted by Crippen LogP contribution is 2.48. The highest BCUT2D eigenvalue weighted by Gasteiger charge is 2.34. The van der Waals surface area contributed by atoms with Gasteiger partial charge in [-0.1, -0.05) is 287 Å². The lowest BCUT2D eigenvalue weighted by Crippen LogP contribution is -2.31. The van der Waals surface area contributed by atoms with Crippen molar-refractivity contribution in [1.29, 1.82) is 0 Å². The van der Waals surface area contributed by atoms with Crippen LogP contribution in [0.25, 0.3) is 151 Å². The minimum absolute atomic E-state index is 0.404. The zero-order chi connectivity index (χ0) is 104. The summed E-state index contributed by atoms with van der Waals surface area (Å²) in [4.78, 5) is 0. The molecule has 10 heteroatoms. The normalized spacial score (nSPS) is 11.4. The molecular weight excluding hydrogens is 1790 g/mol. The summed E-state index contributed by atoms with van der Waals surface area (Å²) in [6.45, 7) is 49.8. The lowest BCUT2D eigenvalue weighted by Gasteiger charge is -2.25. The number of nitrogens with zero attached hydrogens (tertiary/aromatic N) is 10. The first-order chi connectivity index (χ1) is 70.8. The first kappa shape index (κ1) is 103. The number of fused-ring (bicyclic) bond motifs is 3. The fourth-order valence-corrected chi connectivity index (χ4v) is 22.3. The van der Waals surface area contributed by atoms with Crippen molar-refractivity contribution in [3.63, 3.8) is 0 Å². The van der Waals surface area contributed by atoms with E-state index in [1.54, 1.807) is 0 Å². The monoisotopic (exact) mass is 1930 g/mol. The zero-order valence-corrected chi connectivity index (χ0v) is 91.6. The van der Waals surface area contributed by atoms with E-state index in [9.17, 15) is 0 Å². The molecule has 11 aromatic carbocycles. The average molecular weight is 1930 g/mol. The van der Waals surface area contributed by atoms with Gasteiger partial charge in [-0.3, -0.25) is 0 Å². The molecule has 21 aromatic rings. The fourth-order valence-electron chi connectivity index (χ4n) is 22.3. The first-order valence-corrected chi connectivity index (χ1v) is 52.5. The molecule has 0 fully saturated rings. The zero-order valence-electron chi connectivity index (χ0n) is 91.6. The van der Waals surface area contributed by atoms with Gasteiger partial charge >= 0.3 is 0 Å². The number of para-hydroxylation sites is 6. The predicted molar refractivity (Wildman–Crippen MR) is 618 cm³/mol. The summed E-state index contributed by atoms with van der Waals surface area (Å²) < 4.78 is 23.5. The van der Waals surface area contributed by atoms with Crippen LogP contribution in [0.3, 0.4) is 0 Å². The van der Waals surface area contributed by atoms with E-state index < -0.39 is 0 Å². The molecule has 21 rings (SSSR count). The quantitative estimate of drug-likeness (QED) is 0.0769. The van der Waals surface area contributed by atoms with E-state index in [0.717, 1.165) is 0 Å². The highest BCUT2D eigenvalue weighted by molar-refractivity contribution is 5.96. The van der Waals surface area contributed by atoms with Gasteiger partial charge in [-0.2, -0.15) is 22.8 Å². The predicted octanol–water partition coefficient (Wildman–Crippen LogP) is 32.6. The number of hydrogen-bond donors (Lipinski definition) is 0. The van der Waals surface area contributed by atoms with Gasteiger partial charge in [-0.25, -0.2) is 0 Å². The topological polar surface area (TPSA) is 44.0 Å². The summed E-state index contributed by atoms with van der Waals surface area (Å²) in [7, 11) is 10.6. The van der Waals surface area contributed by atoms with Gasteiger partial charge in [-0.05, 0) is 280 Å². The maximum absolute atomic E-state index is 2.54. The lowest BCUT2D eigenvalue weighted by molar-refractivity contribution is -0.660. The van der Waals surface area contributed by atoms with Crippen molar-refractivity contribution in [2.24, 2.45) is 35.2 Å². The molecule has 10 heterocycles. The molecule has 147 heavy (non-hydrogen) atoms. The van der Waals surface area contributed by atoms with Gasteiger partial charge in [-0.15, -0.1) is 0 Å². The molecule has 0 spiro atoms. The molecule has 10 aromatic heterocycles. The van der Waals surface area contributed by atoms with Gasteiger partial charge in [0.05, 0.1) is 39.3 Å². The molecule has 0 unspecified atom stereocenters. The standard InChI is InChI=1S/C31H29N2.C31H37N2.C27H31N2.2C24H25N2/c1-22-23(2)30(29-20-11-12-21-32(29)4)33(24(22)3)31-27(25-14-7-5-8-15-25)18-13-19-28(31)26-16-9-6-10-17-26;1-20(2)27-18-26(25-14-10-9-11-15-25)19-28(21(3)4)31(27)33-24(7)22(5)23(6)30(33)29-16-12-13-17-32(29)8;1-18(2)21-13-11-14-22(19(3)4)27(21)29-24-15-8-7-12-23(24)20(5)26(29)25-16-9-10-17-28(25)6;1-16-14-17(2)23(18(3)15-16)26-21-11-7-6-10-20(21)19(4)24(26)22-12-8-9-13-25(22)5;1-17(2)19-11-5-7-13-21(19)26-22-14-8-6-12-20(22)18(3)24(26)23-15-9-10-16-25(23)4/h5-21H,1-4H3;9-21H,1-8H3;7-19H,1-6H3;6-15H,1-5H3;5-17H,1-4H3/q5*+1. The van der Waals surface area contributed by atoms with Crippen LogP contribution in [0.4, 0.5) is 0 Å². The van der Waals surface area contributed by atoms with Crippen molar-refractivity contribution in [1.82, 2.24) is 22.8 Å². The number of benzene rings is 11. The Balaban J connectivity index is 0.000000126. The van der Waals surface area contributed by atoms with Crippen molar-refractivity contribution in [3.05, 3.63) is 466 Å².